The molecule has 0 heterocycles. The van der Waals surface area contributed by atoms with E-state index in [0.29, 0.717) is 18.5 Å². The molecule has 5 heteroatoms. The molecule has 0 fully saturated rings. The van der Waals surface area contributed by atoms with Crippen LogP contribution in [0.4, 0.5) is 11.4 Å². The zero-order valence-corrected chi connectivity index (χ0v) is 19.0. The van der Waals surface area contributed by atoms with E-state index in [0.717, 1.165) is 17.8 Å². The highest BCUT2D eigenvalue weighted by atomic mass is 16.4. The second-order valence-electron chi connectivity index (χ2n) is 8.22. The number of carboxylic acid groups (broad SMARTS) is 1. The van der Waals surface area contributed by atoms with Gasteiger partial charge in [-0.1, -0.05) is 58.1 Å². The molecule has 1 unspecified atom stereocenters. The molecule has 1 rings (SSSR count). The minimum absolute atomic E-state index is 0.268. The molecule has 0 aliphatic heterocycles. The Kier molecular flexibility index (Phi) is 11.1. The maximum Gasteiger partial charge on any atom is 0.335 e. The first-order valence-corrected chi connectivity index (χ1v) is 10.8. The third-order valence-corrected chi connectivity index (χ3v) is 5.03. The average Bonchev–Trinajstić information content (AvgIpc) is 2.67. The Morgan fingerprint density at radius 1 is 1.24 bits per heavy atom. The SMILES string of the molecule is CCCCCCC(C)N(C)c1ccc(C(=O)O)cc1NC=NC/C(C)=C/C(C)C. The van der Waals surface area contributed by atoms with Crippen LogP contribution in [0.5, 0.6) is 0 Å². The number of anilines is 2. The molecule has 162 valence electrons. The molecular weight excluding hydrogens is 362 g/mol. The van der Waals surface area contributed by atoms with Crippen molar-refractivity contribution in [2.75, 3.05) is 23.8 Å². The van der Waals surface area contributed by atoms with E-state index in [1.165, 1.54) is 31.3 Å². The van der Waals surface area contributed by atoms with Gasteiger partial charge in [0.2, 0.25) is 0 Å². The molecule has 1 aromatic carbocycles. The van der Waals surface area contributed by atoms with Crippen LogP contribution in [0.25, 0.3) is 0 Å². The summed E-state index contributed by atoms with van der Waals surface area (Å²) < 4.78 is 0. The van der Waals surface area contributed by atoms with Crippen molar-refractivity contribution in [3.8, 4) is 0 Å². The van der Waals surface area contributed by atoms with Crippen LogP contribution < -0.4 is 10.2 Å². The third-order valence-electron chi connectivity index (χ3n) is 5.03. The van der Waals surface area contributed by atoms with Gasteiger partial charge < -0.3 is 15.3 Å². The lowest BCUT2D eigenvalue weighted by Gasteiger charge is -2.29. The Morgan fingerprint density at radius 2 is 1.97 bits per heavy atom. The van der Waals surface area contributed by atoms with E-state index in [2.05, 4.69) is 63.0 Å². The van der Waals surface area contributed by atoms with Crippen molar-refractivity contribution in [3.05, 3.63) is 35.4 Å². The third kappa shape index (κ3) is 9.16. The Balaban J connectivity index is 2.90. The molecule has 1 aromatic rings. The number of rotatable bonds is 13. The summed E-state index contributed by atoms with van der Waals surface area (Å²) in [5.41, 5.74) is 3.24. The maximum atomic E-state index is 11.4. The molecule has 2 N–H and O–H groups in total. The van der Waals surface area contributed by atoms with Gasteiger partial charge in [0.25, 0.3) is 0 Å². The molecule has 29 heavy (non-hydrogen) atoms. The predicted octanol–water partition coefficient (Wildman–Crippen LogP) is 6.22. The number of aromatic carboxylic acids is 1. The van der Waals surface area contributed by atoms with Crippen molar-refractivity contribution >= 4 is 23.7 Å². The molecule has 0 saturated carbocycles. The highest BCUT2D eigenvalue weighted by molar-refractivity contribution is 5.93. The van der Waals surface area contributed by atoms with E-state index >= 15 is 0 Å². The molecule has 0 spiro atoms. The first-order valence-electron chi connectivity index (χ1n) is 10.8. The van der Waals surface area contributed by atoms with Crippen LogP contribution in [0.3, 0.4) is 0 Å². The number of allylic oxidation sites excluding steroid dienone is 1. The summed E-state index contributed by atoms with van der Waals surface area (Å²) >= 11 is 0. The predicted molar refractivity (Wildman–Crippen MR) is 126 cm³/mol. The van der Waals surface area contributed by atoms with Gasteiger partial charge >= 0.3 is 5.97 Å². The van der Waals surface area contributed by atoms with Gasteiger partial charge in [-0.15, -0.1) is 0 Å². The zero-order valence-electron chi connectivity index (χ0n) is 19.0. The fourth-order valence-electron chi connectivity index (χ4n) is 3.32. The maximum absolute atomic E-state index is 11.4. The van der Waals surface area contributed by atoms with Gasteiger partial charge in [0.1, 0.15) is 0 Å². The van der Waals surface area contributed by atoms with Gasteiger partial charge in [-0.25, -0.2) is 4.79 Å². The molecule has 0 radical (unpaired) electrons. The van der Waals surface area contributed by atoms with Crippen molar-refractivity contribution in [2.24, 2.45) is 10.9 Å². The van der Waals surface area contributed by atoms with Crippen molar-refractivity contribution in [1.82, 2.24) is 0 Å². The van der Waals surface area contributed by atoms with Crippen molar-refractivity contribution in [1.29, 1.82) is 0 Å². The Hall–Kier alpha value is -2.30. The molecule has 1 atom stereocenters. The number of hydrogen-bond acceptors (Lipinski definition) is 3. The minimum Gasteiger partial charge on any atom is -0.478 e. The zero-order chi connectivity index (χ0) is 21.8. The number of nitrogens with zero attached hydrogens (tertiary/aromatic N) is 2. The first kappa shape index (κ1) is 24.7. The van der Waals surface area contributed by atoms with Crippen LogP contribution in [0.1, 0.15) is 77.1 Å². The number of carbonyl (C=O) groups is 1. The van der Waals surface area contributed by atoms with Gasteiger partial charge in [0.05, 0.1) is 29.8 Å². The number of hydrogen-bond donors (Lipinski definition) is 2. The smallest absolute Gasteiger partial charge is 0.335 e. The van der Waals surface area contributed by atoms with E-state index in [4.69, 9.17) is 0 Å². The number of benzene rings is 1. The minimum atomic E-state index is -0.928. The summed E-state index contributed by atoms with van der Waals surface area (Å²) in [5.74, 6) is -0.424. The molecular formula is C24H39N3O2. The first-order chi connectivity index (χ1) is 13.8. The van der Waals surface area contributed by atoms with Crippen molar-refractivity contribution < 1.29 is 9.90 Å². The molecule has 0 aromatic heterocycles. The lowest BCUT2D eigenvalue weighted by atomic mass is 10.1. The van der Waals surface area contributed by atoms with Crippen LogP contribution in [0.2, 0.25) is 0 Å². The molecule has 0 aliphatic carbocycles. The average molecular weight is 402 g/mol. The van der Waals surface area contributed by atoms with Crippen LogP contribution in [-0.4, -0.2) is 37.0 Å². The van der Waals surface area contributed by atoms with Crippen LogP contribution in [-0.2, 0) is 0 Å². The van der Waals surface area contributed by atoms with Gasteiger partial charge in [0, 0.05) is 13.1 Å². The number of aliphatic imine (C=N–C) groups is 1. The Morgan fingerprint density at radius 3 is 2.59 bits per heavy atom. The van der Waals surface area contributed by atoms with E-state index in [9.17, 15) is 9.90 Å². The molecule has 0 saturated heterocycles. The van der Waals surface area contributed by atoms with Crippen molar-refractivity contribution in [3.63, 3.8) is 0 Å². The summed E-state index contributed by atoms with van der Waals surface area (Å²) in [4.78, 5) is 18.1. The summed E-state index contributed by atoms with van der Waals surface area (Å²) in [6.45, 7) is 11.4. The van der Waals surface area contributed by atoms with E-state index < -0.39 is 5.97 Å². The van der Waals surface area contributed by atoms with Crippen LogP contribution >= 0.6 is 0 Å². The monoisotopic (exact) mass is 401 g/mol. The lowest BCUT2D eigenvalue weighted by molar-refractivity contribution is 0.0697. The Bertz CT molecular complexity index is 695. The van der Waals surface area contributed by atoms with E-state index in [1.54, 1.807) is 18.5 Å². The highest BCUT2D eigenvalue weighted by Crippen LogP contribution is 2.29. The molecule has 5 nitrogen and oxygen atoms in total. The standard InChI is InChI=1S/C24H39N3O2/c1-7-8-9-10-11-20(5)27(6)23-13-12-21(24(28)29)15-22(23)26-17-25-16-19(4)14-18(2)3/h12-15,17-18,20H,7-11,16H2,1-6H3,(H,25,26)(H,28,29)/b19-14+. The van der Waals surface area contributed by atoms with Crippen LogP contribution in [0, 0.1) is 5.92 Å². The normalized spacial score (nSPS) is 13.1. The van der Waals surface area contributed by atoms with Gasteiger partial charge in [-0.2, -0.15) is 0 Å². The topological polar surface area (TPSA) is 64.9 Å². The fourth-order valence-corrected chi connectivity index (χ4v) is 3.32. The van der Waals surface area contributed by atoms with E-state index in [1.807, 2.05) is 6.07 Å². The largest absolute Gasteiger partial charge is 0.478 e. The summed E-state index contributed by atoms with van der Waals surface area (Å²) in [5, 5.41) is 12.6. The summed E-state index contributed by atoms with van der Waals surface area (Å²) in [6, 6.07) is 5.60. The summed E-state index contributed by atoms with van der Waals surface area (Å²) in [6.07, 6.45) is 9.96. The van der Waals surface area contributed by atoms with Gasteiger partial charge in [-0.05, 0) is 44.4 Å². The van der Waals surface area contributed by atoms with Gasteiger partial charge in [0.15, 0.2) is 0 Å². The molecule has 0 amide bonds. The highest BCUT2D eigenvalue weighted by Gasteiger charge is 2.15. The van der Waals surface area contributed by atoms with Crippen molar-refractivity contribution in [2.45, 2.75) is 72.8 Å². The lowest BCUT2D eigenvalue weighted by Crippen LogP contribution is -2.29. The van der Waals surface area contributed by atoms with E-state index in [-0.39, 0.29) is 5.56 Å². The molecule has 0 aliphatic rings. The molecule has 0 bridgehead atoms. The Labute approximate surface area is 176 Å². The fraction of sp³-hybridized carbons (Fsp3) is 0.583. The second kappa shape index (κ2) is 13.0. The second-order valence-corrected chi connectivity index (χ2v) is 8.22. The number of carboxylic acids is 1. The summed E-state index contributed by atoms with van der Waals surface area (Å²) in [7, 11) is 2.07. The van der Waals surface area contributed by atoms with Gasteiger partial charge in [-0.3, -0.25) is 4.99 Å². The number of nitrogens with one attached hydrogen (secondary N) is 1. The quantitative estimate of drug-likeness (QED) is 0.178. The number of unbranched alkanes of at least 4 members (excludes halogenated alkanes) is 3. The van der Waals surface area contributed by atoms with Crippen LogP contribution in [0.15, 0.2) is 34.8 Å².